The number of halogens is 1. The van der Waals surface area contributed by atoms with Crippen molar-refractivity contribution in [2.24, 2.45) is 17.6 Å². The van der Waals surface area contributed by atoms with Gasteiger partial charge in [-0.1, -0.05) is 40.5 Å². The molecule has 1 nitrogen and oxygen atoms in total. The van der Waals surface area contributed by atoms with E-state index in [-0.39, 0.29) is 5.54 Å². The fourth-order valence-electron chi connectivity index (χ4n) is 3.36. The van der Waals surface area contributed by atoms with E-state index < -0.39 is 0 Å². The highest BCUT2D eigenvalue weighted by Gasteiger charge is 2.63. The quantitative estimate of drug-likeness (QED) is 0.874. The maximum absolute atomic E-state index is 6.48. The van der Waals surface area contributed by atoms with Crippen LogP contribution in [0.1, 0.15) is 24.8 Å². The first-order valence-corrected chi connectivity index (χ1v) is 6.53. The van der Waals surface area contributed by atoms with Crippen LogP contribution >= 0.6 is 15.9 Å². The Labute approximate surface area is 99.2 Å². The second-order valence-electron chi connectivity index (χ2n) is 5.02. The Morgan fingerprint density at radius 1 is 1.27 bits per heavy atom. The topological polar surface area (TPSA) is 26.0 Å². The summed E-state index contributed by atoms with van der Waals surface area (Å²) in [6, 6.07) is 8.45. The van der Waals surface area contributed by atoms with Crippen LogP contribution in [-0.4, -0.2) is 5.54 Å². The van der Waals surface area contributed by atoms with Crippen LogP contribution in [0, 0.1) is 11.8 Å². The van der Waals surface area contributed by atoms with E-state index in [0.29, 0.717) is 0 Å². The molecule has 1 aromatic rings. The molecule has 2 aliphatic carbocycles. The van der Waals surface area contributed by atoms with Gasteiger partial charge in [-0.05, 0) is 42.7 Å². The lowest BCUT2D eigenvalue weighted by Gasteiger charge is -2.16. The Morgan fingerprint density at radius 2 is 1.93 bits per heavy atom. The first kappa shape index (κ1) is 9.86. The summed E-state index contributed by atoms with van der Waals surface area (Å²) in [6.07, 6.45) is 5.14. The molecule has 0 saturated heterocycles. The first-order valence-electron chi connectivity index (χ1n) is 5.74. The van der Waals surface area contributed by atoms with Crippen LogP contribution in [0.4, 0.5) is 0 Å². The highest BCUT2D eigenvalue weighted by Crippen LogP contribution is 2.60. The summed E-state index contributed by atoms with van der Waals surface area (Å²) in [6.45, 7) is 0. The van der Waals surface area contributed by atoms with E-state index in [0.717, 1.165) is 18.3 Å². The molecule has 15 heavy (non-hydrogen) atoms. The molecule has 2 atom stereocenters. The van der Waals surface area contributed by atoms with Crippen molar-refractivity contribution >= 4 is 15.9 Å². The molecule has 3 rings (SSSR count). The van der Waals surface area contributed by atoms with Crippen molar-refractivity contribution in [3.63, 3.8) is 0 Å². The molecule has 0 heterocycles. The monoisotopic (exact) mass is 265 g/mol. The molecule has 0 spiro atoms. The van der Waals surface area contributed by atoms with Gasteiger partial charge in [-0.15, -0.1) is 0 Å². The Hall–Kier alpha value is -0.340. The number of nitrogens with two attached hydrogens (primary N) is 1. The summed E-state index contributed by atoms with van der Waals surface area (Å²) in [5.41, 5.74) is 7.97. The Bertz CT molecular complexity index is 378. The number of hydrogen-bond acceptors (Lipinski definition) is 1. The molecule has 2 saturated carbocycles. The van der Waals surface area contributed by atoms with Crippen molar-refractivity contribution in [2.45, 2.75) is 31.2 Å². The average molecular weight is 266 g/mol. The molecule has 1 aromatic carbocycles. The predicted octanol–water partition coefficient (Wildman–Crippen LogP) is 3.12. The maximum atomic E-state index is 6.48. The first-order chi connectivity index (χ1) is 7.22. The van der Waals surface area contributed by atoms with E-state index in [4.69, 9.17) is 5.73 Å². The number of hydrogen-bond donors (Lipinski definition) is 1. The zero-order valence-electron chi connectivity index (χ0n) is 8.75. The summed E-state index contributed by atoms with van der Waals surface area (Å²) in [7, 11) is 0. The van der Waals surface area contributed by atoms with Crippen LogP contribution in [0.3, 0.4) is 0 Å². The minimum absolute atomic E-state index is 0.127. The summed E-state index contributed by atoms with van der Waals surface area (Å²) in [5.74, 6) is 1.62. The van der Waals surface area contributed by atoms with Gasteiger partial charge < -0.3 is 5.73 Å². The molecule has 2 aliphatic rings. The van der Waals surface area contributed by atoms with Crippen molar-refractivity contribution in [1.82, 2.24) is 0 Å². The van der Waals surface area contributed by atoms with Crippen molar-refractivity contribution in [1.29, 1.82) is 0 Å². The average Bonchev–Trinajstić information content (AvgIpc) is 2.67. The zero-order chi connectivity index (χ0) is 10.5. The van der Waals surface area contributed by atoms with Crippen molar-refractivity contribution in [3.05, 3.63) is 34.3 Å². The fraction of sp³-hybridized carbons (Fsp3) is 0.538. The van der Waals surface area contributed by atoms with Crippen LogP contribution in [0.15, 0.2) is 28.7 Å². The van der Waals surface area contributed by atoms with E-state index in [1.165, 1.54) is 29.3 Å². The van der Waals surface area contributed by atoms with Crippen molar-refractivity contribution in [2.75, 3.05) is 0 Å². The molecule has 2 N–H and O–H groups in total. The molecule has 0 radical (unpaired) electrons. The third-order valence-corrected chi connectivity index (χ3v) is 5.02. The van der Waals surface area contributed by atoms with Gasteiger partial charge in [-0.3, -0.25) is 0 Å². The molecule has 0 aliphatic heterocycles. The highest BCUT2D eigenvalue weighted by molar-refractivity contribution is 9.10. The minimum Gasteiger partial charge on any atom is -0.324 e. The van der Waals surface area contributed by atoms with Crippen LogP contribution in [0.2, 0.25) is 0 Å². The predicted molar refractivity (Wildman–Crippen MR) is 65.6 cm³/mol. The second-order valence-corrected chi connectivity index (χ2v) is 5.88. The summed E-state index contributed by atoms with van der Waals surface area (Å²) in [5, 5.41) is 0. The lowest BCUT2D eigenvalue weighted by Crippen LogP contribution is -2.31. The molecule has 0 bridgehead atoms. The SMILES string of the molecule is NC1(Cc2ccccc2Br)C2CCCC21. The van der Waals surface area contributed by atoms with Gasteiger partial charge in [0.15, 0.2) is 0 Å². The minimum atomic E-state index is 0.127. The van der Waals surface area contributed by atoms with Crippen LogP contribution < -0.4 is 5.73 Å². The fourth-order valence-corrected chi connectivity index (χ4v) is 3.79. The smallest absolute Gasteiger partial charge is 0.0259 e. The van der Waals surface area contributed by atoms with Crippen LogP contribution in [0.25, 0.3) is 0 Å². The molecule has 80 valence electrons. The molecular formula is C13H16BrN. The molecule has 0 aromatic heterocycles. The number of rotatable bonds is 2. The summed E-state index contributed by atoms with van der Waals surface area (Å²) >= 11 is 3.60. The third-order valence-electron chi connectivity index (χ3n) is 4.24. The molecule has 0 amide bonds. The van der Waals surface area contributed by atoms with Crippen molar-refractivity contribution in [3.8, 4) is 0 Å². The van der Waals surface area contributed by atoms with Gasteiger partial charge in [0.05, 0.1) is 0 Å². The van der Waals surface area contributed by atoms with Crippen molar-refractivity contribution < 1.29 is 0 Å². The molecule has 2 heteroatoms. The Balaban J connectivity index is 1.79. The van der Waals surface area contributed by atoms with Gasteiger partial charge in [-0.2, -0.15) is 0 Å². The van der Waals surface area contributed by atoms with E-state index in [1.54, 1.807) is 0 Å². The van der Waals surface area contributed by atoms with Crippen LogP contribution in [0.5, 0.6) is 0 Å². The lowest BCUT2D eigenvalue weighted by atomic mass is 9.97. The van der Waals surface area contributed by atoms with E-state index in [2.05, 4.69) is 40.2 Å². The Kier molecular flexibility index (Phi) is 2.18. The van der Waals surface area contributed by atoms with E-state index in [1.807, 2.05) is 0 Å². The number of fused-ring (bicyclic) bond motifs is 1. The normalized spacial score (nSPS) is 37.7. The van der Waals surface area contributed by atoms with Gasteiger partial charge in [-0.25, -0.2) is 0 Å². The standard InChI is InChI=1S/C13H16BrN/c14-12-7-2-1-4-9(12)8-13(15)10-5-3-6-11(10)13/h1-2,4,7,10-11H,3,5-6,8,15H2. The van der Waals surface area contributed by atoms with Gasteiger partial charge in [0.1, 0.15) is 0 Å². The van der Waals surface area contributed by atoms with Gasteiger partial charge >= 0.3 is 0 Å². The highest BCUT2D eigenvalue weighted by atomic mass is 79.9. The summed E-state index contributed by atoms with van der Waals surface area (Å²) in [4.78, 5) is 0. The van der Waals surface area contributed by atoms with Crippen LogP contribution in [-0.2, 0) is 6.42 Å². The Morgan fingerprint density at radius 3 is 2.60 bits per heavy atom. The van der Waals surface area contributed by atoms with Gasteiger partial charge in [0, 0.05) is 10.0 Å². The molecular weight excluding hydrogens is 250 g/mol. The van der Waals surface area contributed by atoms with E-state index >= 15 is 0 Å². The molecule has 2 fully saturated rings. The summed E-state index contributed by atoms with van der Waals surface area (Å²) < 4.78 is 1.21. The van der Waals surface area contributed by atoms with Gasteiger partial charge in [0.2, 0.25) is 0 Å². The van der Waals surface area contributed by atoms with Gasteiger partial charge in [0.25, 0.3) is 0 Å². The third kappa shape index (κ3) is 1.46. The second kappa shape index (κ2) is 3.33. The lowest BCUT2D eigenvalue weighted by molar-refractivity contribution is 0.501. The zero-order valence-corrected chi connectivity index (χ0v) is 10.3. The maximum Gasteiger partial charge on any atom is 0.0259 e. The van der Waals surface area contributed by atoms with E-state index in [9.17, 15) is 0 Å². The molecule has 2 unspecified atom stereocenters. The largest absolute Gasteiger partial charge is 0.324 e. The number of benzene rings is 1.